The lowest BCUT2D eigenvalue weighted by atomic mass is 10.1. The Labute approximate surface area is 162 Å². The van der Waals surface area contributed by atoms with Crippen molar-refractivity contribution in [2.45, 2.75) is 20.5 Å². The van der Waals surface area contributed by atoms with Crippen molar-refractivity contribution >= 4 is 27.8 Å². The van der Waals surface area contributed by atoms with Crippen LogP contribution in [0.15, 0.2) is 42.5 Å². The zero-order valence-corrected chi connectivity index (χ0v) is 16.3. The summed E-state index contributed by atoms with van der Waals surface area (Å²) in [5, 5.41) is 7.26. The van der Waals surface area contributed by atoms with Crippen LogP contribution >= 0.6 is 0 Å². The van der Waals surface area contributed by atoms with Crippen molar-refractivity contribution in [2.24, 2.45) is 7.05 Å². The Kier molecular flexibility index (Phi) is 4.47. The monoisotopic (exact) mass is 375 g/mol. The van der Waals surface area contributed by atoms with Crippen molar-refractivity contribution in [3.05, 3.63) is 65.0 Å². The minimum absolute atomic E-state index is 0.197. The molecule has 4 rings (SSSR count). The fourth-order valence-electron chi connectivity index (χ4n) is 3.45. The highest BCUT2D eigenvalue weighted by Gasteiger charge is 2.19. The number of aromatic nitrogens is 3. The summed E-state index contributed by atoms with van der Waals surface area (Å²) in [5.74, 6) is 0.442. The average Bonchev–Trinajstić information content (AvgIpc) is 2.98. The lowest BCUT2D eigenvalue weighted by Crippen LogP contribution is -2.07. The summed E-state index contributed by atoms with van der Waals surface area (Å²) in [4.78, 5) is 17.3. The van der Waals surface area contributed by atoms with Gasteiger partial charge in [-0.05, 0) is 54.4 Å². The third-order valence-corrected chi connectivity index (χ3v) is 4.80. The van der Waals surface area contributed by atoms with Crippen molar-refractivity contribution in [1.82, 2.24) is 14.8 Å². The van der Waals surface area contributed by atoms with Crippen molar-refractivity contribution in [3.8, 4) is 5.75 Å². The van der Waals surface area contributed by atoms with Crippen LogP contribution < -0.4 is 4.74 Å². The fourth-order valence-corrected chi connectivity index (χ4v) is 3.45. The quantitative estimate of drug-likeness (QED) is 0.502. The van der Waals surface area contributed by atoms with Gasteiger partial charge in [0.25, 0.3) is 0 Å². The van der Waals surface area contributed by atoms with E-state index in [0.717, 1.165) is 38.9 Å². The average molecular weight is 375 g/mol. The molecule has 2 aromatic heterocycles. The number of pyridine rings is 1. The Morgan fingerprint density at radius 1 is 1.07 bits per heavy atom. The summed E-state index contributed by atoms with van der Waals surface area (Å²) in [5.41, 5.74) is 3.62. The highest BCUT2D eigenvalue weighted by atomic mass is 16.5. The van der Waals surface area contributed by atoms with Crippen LogP contribution in [0.2, 0.25) is 0 Å². The molecular formula is C22H21N3O3. The summed E-state index contributed by atoms with van der Waals surface area (Å²) >= 11 is 0. The Morgan fingerprint density at radius 2 is 1.82 bits per heavy atom. The molecule has 0 spiro atoms. The molecule has 4 aromatic rings. The molecule has 0 bridgehead atoms. The number of hydrogen-bond acceptors (Lipinski definition) is 5. The number of ether oxygens (including phenoxy) is 2. The molecule has 0 aliphatic heterocycles. The predicted octanol–water partition coefficient (Wildman–Crippen LogP) is 4.10. The molecule has 0 fully saturated rings. The molecule has 0 saturated heterocycles. The van der Waals surface area contributed by atoms with Gasteiger partial charge in [0.2, 0.25) is 0 Å². The lowest BCUT2D eigenvalue weighted by Gasteiger charge is -2.09. The first-order valence-corrected chi connectivity index (χ1v) is 9.01. The van der Waals surface area contributed by atoms with Crippen LogP contribution in [0.1, 0.15) is 27.3 Å². The third kappa shape index (κ3) is 3.17. The third-order valence-electron chi connectivity index (χ3n) is 4.80. The maximum absolute atomic E-state index is 12.8. The van der Waals surface area contributed by atoms with Crippen LogP contribution in [0, 0.1) is 13.8 Å². The SMILES string of the molecule is COc1ccc2cc(COC(=O)c3cc(C)nc4c3c(C)nn4C)ccc2c1. The number of hydrogen-bond donors (Lipinski definition) is 0. The number of carbonyl (C=O) groups excluding carboxylic acids is 1. The predicted molar refractivity (Wildman–Crippen MR) is 108 cm³/mol. The van der Waals surface area contributed by atoms with Gasteiger partial charge < -0.3 is 9.47 Å². The molecule has 0 N–H and O–H groups in total. The van der Waals surface area contributed by atoms with Gasteiger partial charge in [0.05, 0.1) is 23.8 Å². The van der Waals surface area contributed by atoms with Gasteiger partial charge in [0, 0.05) is 12.7 Å². The molecule has 0 aliphatic carbocycles. The molecule has 142 valence electrons. The van der Waals surface area contributed by atoms with Crippen molar-refractivity contribution in [2.75, 3.05) is 7.11 Å². The van der Waals surface area contributed by atoms with Crippen LogP contribution in [0.25, 0.3) is 21.8 Å². The molecule has 2 aromatic carbocycles. The standard InChI is InChI=1S/C22H21N3O3/c1-13-9-19(20-14(2)24-25(3)21(20)23-13)22(26)28-12-15-5-6-17-11-18(27-4)8-7-16(17)10-15/h5-11H,12H2,1-4H3. The first-order chi connectivity index (χ1) is 13.5. The minimum atomic E-state index is -0.374. The number of benzene rings is 2. The zero-order valence-electron chi connectivity index (χ0n) is 16.3. The van der Waals surface area contributed by atoms with E-state index in [-0.39, 0.29) is 12.6 Å². The van der Waals surface area contributed by atoms with Gasteiger partial charge in [-0.3, -0.25) is 4.68 Å². The second kappa shape index (κ2) is 6.96. The normalized spacial score (nSPS) is 11.1. The van der Waals surface area contributed by atoms with Gasteiger partial charge in [-0.25, -0.2) is 9.78 Å². The van der Waals surface area contributed by atoms with Gasteiger partial charge in [-0.2, -0.15) is 5.10 Å². The van der Waals surface area contributed by atoms with E-state index in [1.807, 2.05) is 57.3 Å². The van der Waals surface area contributed by atoms with E-state index in [1.165, 1.54) is 0 Å². The molecule has 2 heterocycles. The van der Waals surface area contributed by atoms with Crippen LogP contribution in [0.3, 0.4) is 0 Å². The molecular weight excluding hydrogens is 354 g/mol. The van der Waals surface area contributed by atoms with Crippen molar-refractivity contribution in [3.63, 3.8) is 0 Å². The summed E-state index contributed by atoms with van der Waals surface area (Å²) in [6.07, 6.45) is 0. The van der Waals surface area contributed by atoms with Gasteiger partial charge >= 0.3 is 5.97 Å². The Balaban J connectivity index is 1.59. The van der Waals surface area contributed by atoms with E-state index in [1.54, 1.807) is 17.9 Å². The van der Waals surface area contributed by atoms with Crippen LogP contribution in [0.4, 0.5) is 0 Å². The fraction of sp³-hybridized carbons (Fsp3) is 0.227. The molecule has 6 nitrogen and oxygen atoms in total. The summed E-state index contributed by atoms with van der Waals surface area (Å²) in [6, 6.07) is 13.6. The maximum Gasteiger partial charge on any atom is 0.339 e. The number of nitrogens with zero attached hydrogens (tertiary/aromatic N) is 3. The highest BCUT2D eigenvalue weighted by Crippen LogP contribution is 2.24. The van der Waals surface area contributed by atoms with Gasteiger partial charge in [0.15, 0.2) is 5.65 Å². The second-order valence-corrected chi connectivity index (χ2v) is 6.84. The Bertz CT molecular complexity index is 1210. The summed E-state index contributed by atoms with van der Waals surface area (Å²) in [6.45, 7) is 3.92. The molecule has 0 radical (unpaired) electrons. The first-order valence-electron chi connectivity index (χ1n) is 9.01. The molecule has 0 amide bonds. The topological polar surface area (TPSA) is 66.2 Å². The van der Waals surface area contributed by atoms with E-state index in [2.05, 4.69) is 10.1 Å². The number of fused-ring (bicyclic) bond motifs is 2. The molecule has 28 heavy (non-hydrogen) atoms. The van der Waals surface area contributed by atoms with E-state index in [4.69, 9.17) is 9.47 Å². The highest BCUT2D eigenvalue weighted by molar-refractivity contribution is 6.03. The van der Waals surface area contributed by atoms with Gasteiger partial charge in [0.1, 0.15) is 12.4 Å². The first kappa shape index (κ1) is 18.0. The smallest absolute Gasteiger partial charge is 0.339 e. The van der Waals surface area contributed by atoms with Gasteiger partial charge in [-0.1, -0.05) is 18.2 Å². The Hall–Kier alpha value is -3.41. The number of methoxy groups -OCH3 is 1. The summed E-state index contributed by atoms with van der Waals surface area (Å²) in [7, 11) is 3.47. The van der Waals surface area contributed by atoms with Crippen molar-refractivity contribution in [1.29, 1.82) is 0 Å². The minimum Gasteiger partial charge on any atom is -0.497 e. The second-order valence-electron chi connectivity index (χ2n) is 6.84. The molecule has 0 aliphatic rings. The number of esters is 1. The van der Waals surface area contributed by atoms with Crippen LogP contribution in [0.5, 0.6) is 5.75 Å². The Morgan fingerprint density at radius 3 is 2.61 bits per heavy atom. The maximum atomic E-state index is 12.8. The summed E-state index contributed by atoms with van der Waals surface area (Å²) < 4.78 is 12.5. The van der Waals surface area contributed by atoms with E-state index in [0.29, 0.717) is 11.2 Å². The molecule has 0 atom stereocenters. The number of aryl methyl sites for hydroxylation is 3. The van der Waals surface area contributed by atoms with Crippen LogP contribution in [-0.4, -0.2) is 27.8 Å². The van der Waals surface area contributed by atoms with E-state index < -0.39 is 0 Å². The molecule has 0 unspecified atom stereocenters. The zero-order chi connectivity index (χ0) is 19.8. The van der Waals surface area contributed by atoms with Crippen molar-refractivity contribution < 1.29 is 14.3 Å². The number of rotatable bonds is 4. The number of carbonyl (C=O) groups is 1. The largest absolute Gasteiger partial charge is 0.497 e. The molecule has 0 saturated carbocycles. The lowest BCUT2D eigenvalue weighted by molar-refractivity contribution is 0.0475. The van der Waals surface area contributed by atoms with Gasteiger partial charge in [-0.15, -0.1) is 0 Å². The van der Waals surface area contributed by atoms with Crippen LogP contribution in [-0.2, 0) is 18.4 Å². The van der Waals surface area contributed by atoms with E-state index in [9.17, 15) is 4.79 Å². The molecule has 6 heteroatoms. The van der Waals surface area contributed by atoms with E-state index >= 15 is 0 Å².